The van der Waals surface area contributed by atoms with Crippen LogP contribution in [0.25, 0.3) is 0 Å². The smallest absolute Gasteiger partial charge is 0.328 e. The highest BCUT2D eigenvalue weighted by Crippen LogP contribution is 2.09. The molecule has 1 aliphatic heterocycles. The second-order valence-corrected chi connectivity index (χ2v) is 4.23. The Balaban J connectivity index is 2.05. The number of H-pyrrole nitrogens is 1. The van der Waals surface area contributed by atoms with Gasteiger partial charge in [-0.3, -0.25) is 9.69 Å². The summed E-state index contributed by atoms with van der Waals surface area (Å²) in [5, 5.41) is 27.0. The van der Waals surface area contributed by atoms with E-state index in [1.807, 2.05) is 0 Å². The van der Waals surface area contributed by atoms with Gasteiger partial charge in [-0.05, 0) is 6.92 Å². The molecule has 1 aromatic heterocycles. The number of nitrogens with zero attached hydrogens (tertiary/aromatic N) is 4. The van der Waals surface area contributed by atoms with Crippen LogP contribution in [0.5, 0.6) is 0 Å². The lowest BCUT2D eigenvalue weighted by Gasteiger charge is -2.33. The fourth-order valence-corrected chi connectivity index (χ4v) is 1.76. The predicted molar refractivity (Wildman–Crippen MR) is 62.3 cm³/mol. The molecule has 0 bridgehead atoms. The fraction of sp³-hybridized carbons (Fsp3) is 0.556. The monoisotopic (exact) mass is 283 g/mol. The minimum atomic E-state index is -1.19. The molecule has 11 nitrogen and oxygen atoms in total. The third kappa shape index (κ3) is 2.81. The Hall–Kier alpha value is -2.72. The van der Waals surface area contributed by atoms with Gasteiger partial charge in [0.15, 0.2) is 5.82 Å². The summed E-state index contributed by atoms with van der Waals surface area (Å²) in [5.41, 5.74) is 0. The van der Waals surface area contributed by atoms with Crippen LogP contribution in [-0.4, -0.2) is 67.7 Å². The maximum atomic E-state index is 12.0. The number of hydrogen-bond acceptors (Lipinski definition) is 6. The summed E-state index contributed by atoms with van der Waals surface area (Å²) in [7, 11) is 0. The van der Waals surface area contributed by atoms with E-state index in [-0.39, 0.29) is 18.9 Å². The van der Waals surface area contributed by atoms with Crippen LogP contribution in [-0.2, 0) is 9.59 Å². The number of hydrogen-bond donors (Lipinski definition) is 4. The van der Waals surface area contributed by atoms with Crippen LogP contribution in [0.4, 0.5) is 4.79 Å². The van der Waals surface area contributed by atoms with Crippen molar-refractivity contribution < 1.29 is 19.5 Å². The van der Waals surface area contributed by atoms with Crippen molar-refractivity contribution in [3.05, 3.63) is 5.82 Å². The zero-order valence-corrected chi connectivity index (χ0v) is 10.5. The van der Waals surface area contributed by atoms with Crippen LogP contribution in [0.15, 0.2) is 0 Å². The second kappa shape index (κ2) is 5.50. The van der Waals surface area contributed by atoms with E-state index in [4.69, 9.17) is 5.11 Å². The van der Waals surface area contributed by atoms with E-state index in [1.165, 1.54) is 0 Å². The highest BCUT2D eigenvalue weighted by Gasteiger charge is 2.35. The molecule has 1 saturated heterocycles. The molecule has 4 N–H and O–H groups in total. The van der Waals surface area contributed by atoms with Crippen LogP contribution in [0.3, 0.4) is 0 Å². The van der Waals surface area contributed by atoms with Gasteiger partial charge in [-0.15, -0.1) is 10.2 Å². The number of aromatic nitrogens is 4. The number of aliphatic carboxylic acids is 1. The molecule has 0 saturated carbocycles. The van der Waals surface area contributed by atoms with Crippen molar-refractivity contribution in [1.82, 2.24) is 36.2 Å². The molecule has 2 unspecified atom stereocenters. The number of amides is 3. The average molecular weight is 283 g/mol. The van der Waals surface area contributed by atoms with Gasteiger partial charge < -0.3 is 15.7 Å². The summed E-state index contributed by atoms with van der Waals surface area (Å²) in [5.74, 6) is -1.34. The van der Waals surface area contributed by atoms with Gasteiger partial charge in [0.25, 0.3) is 0 Å². The lowest BCUT2D eigenvalue weighted by atomic mass is 10.2. The van der Waals surface area contributed by atoms with Crippen molar-refractivity contribution in [2.45, 2.75) is 19.0 Å². The Morgan fingerprint density at radius 3 is 2.90 bits per heavy atom. The first-order valence-electron chi connectivity index (χ1n) is 5.79. The summed E-state index contributed by atoms with van der Waals surface area (Å²) in [4.78, 5) is 35.4. The predicted octanol–water partition coefficient (Wildman–Crippen LogP) is -2.14. The average Bonchev–Trinajstić information content (AvgIpc) is 2.92. The van der Waals surface area contributed by atoms with Gasteiger partial charge >= 0.3 is 12.0 Å². The number of carbonyl (C=O) groups excluding carboxylic acids is 2. The van der Waals surface area contributed by atoms with Gasteiger partial charge in [-0.1, -0.05) is 5.21 Å². The molecule has 3 amide bonds. The van der Waals surface area contributed by atoms with Crippen LogP contribution in [0.1, 0.15) is 18.8 Å². The van der Waals surface area contributed by atoms with Crippen molar-refractivity contribution in [2.75, 3.05) is 13.1 Å². The molecule has 2 heterocycles. The number of carboxylic acids is 1. The Bertz CT molecular complexity index is 516. The van der Waals surface area contributed by atoms with Gasteiger partial charge in [0.2, 0.25) is 5.91 Å². The van der Waals surface area contributed by atoms with Gasteiger partial charge in [0.05, 0.1) is 6.04 Å². The summed E-state index contributed by atoms with van der Waals surface area (Å²) < 4.78 is 0. The van der Waals surface area contributed by atoms with E-state index < -0.39 is 30.0 Å². The first-order chi connectivity index (χ1) is 9.49. The Morgan fingerprint density at radius 1 is 1.55 bits per heavy atom. The lowest BCUT2D eigenvalue weighted by Crippen LogP contribution is -2.61. The lowest BCUT2D eigenvalue weighted by molar-refractivity contribution is -0.144. The van der Waals surface area contributed by atoms with E-state index in [1.54, 1.807) is 6.92 Å². The maximum absolute atomic E-state index is 12.0. The largest absolute Gasteiger partial charge is 0.480 e. The minimum Gasteiger partial charge on any atom is -0.480 e. The Morgan fingerprint density at radius 2 is 2.30 bits per heavy atom. The molecule has 1 aliphatic rings. The summed E-state index contributed by atoms with van der Waals surface area (Å²) >= 11 is 0. The number of rotatable bonds is 3. The third-order valence-corrected chi connectivity index (χ3v) is 2.82. The molecule has 1 fully saturated rings. The van der Waals surface area contributed by atoms with E-state index in [2.05, 4.69) is 31.3 Å². The number of tetrazole rings is 1. The van der Waals surface area contributed by atoms with Crippen molar-refractivity contribution in [1.29, 1.82) is 0 Å². The summed E-state index contributed by atoms with van der Waals surface area (Å²) in [6.07, 6.45) is 0. The van der Waals surface area contributed by atoms with E-state index in [9.17, 15) is 14.4 Å². The topological polar surface area (TPSA) is 153 Å². The fourth-order valence-electron chi connectivity index (χ4n) is 1.76. The molecule has 0 radical (unpaired) electrons. The number of carboxylic acid groups (broad SMARTS) is 1. The van der Waals surface area contributed by atoms with Gasteiger partial charge in [0.1, 0.15) is 12.6 Å². The van der Waals surface area contributed by atoms with E-state index >= 15 is 0 Å². The normalized spacial score (nSPS) is 20.1. The highest BCUT2D eigenvalue weighted by atomic mass is 16.4. The second-order valence-electron chi connectivity index (χ2n) is 4.23. The zero-order chi connectivity index (χ0) is 14.7. The number of nitrogens with one attached hydrogen (secondary N) is 3. The number of piperazine rings is 1. The Kier molecular flexibility index (Phi) is 3.77. The third-order valence-electron chi connectivity index (χ3n) is 2.82. The van der Waals surface area contributed by atoms with Crippen LogP contribution in [0.2, 0.25) is 0 Å². The molecule has 0 aromatic carbocycles. The standard InChI is InChI=1S/C9H13N7O4/c1-4(7-12-14-15-13-7)11-9(20)16-3-6(17)10-2-5(16)8(18)19/h4-5H,2-3H2,1H3,(H,10,17)(H,11,20)(H,18,19)(H,12,13,14,15). The van der Waals surface area contributed by atoms with Gasteiger partial charge in [-0.25, -0.2) is 9.59 Å². The number of urea groups is 1. The first kappa shape index (κ1) is 13.7. The number of aromatic amines is 1. The van der Waals surface area contributed by atoms with Crippen LogP contribution >= 0.6 is 0 Å². The van der Waals surface area contributed by atoms with Crippen LogP contribution < -0.4 is 10.6 Å². The molecule has 2 atom stereocenters. The maximum Gasteiger partial charge on any atom is 0.328 e. The van der Waals surface area contributed by atoms with E-state index in [0.29, 0.717) is 0 Å². The molecule has 0 aliphatic carbocycles. The van der Waals surface area contributed by atoms with Crippen molar-refractivity contribution in [3.8, 4) is 0 Å². The molecule has 20 heavy (non-hydrogen) atoms. The highest BCUT2D eigenvalue weighted by molar-refractivity contribution is 5.90. The number of carbonyl (C=O) groups is 3. The Labute approximate surface area is 112 Å². The molecular weight excluding hydrogens is 270 g/mol. The zero-order valence-electron chi connectivity index (χ0n) is 10.5. The van der Waals surface area contributed by atoms with Crippen molar-refractivity contribution >= 4 is 17.9 Å². The first-order valence-corrected chi connectivity index (χ1v) is 5.79. The van der Waals surface area contributed by atoms with E-state index in [0.717, 1.165) is 4.90 Å². The minimum absolute atomic E-state index is 0.127. The van der Waals surface area contributed by atoms with Gasteiger partial charge in [0, 0.05) is 6.54 Å². The van der Waals surface area contributed by atoms with Crippen molar-refractivity contribution in [3.63, 3.8) is 0 Å². The molecule has 108 valence electrons. The van der Waals surface area contributed by atoms with Gasteiger partial charge in [-0.2, -0.15) is 5.21 Å². The summed E-state index contributed by atoms with van der Waals surface area (Å²) in [6.45, 7) is 1.17. The molecule has 0 spiro atoms. The molecular formula is C9H13N7O4. The van der Waals surface area contributed by atoms with Crippen molar-refractivity contribution in [2.24, 2.45) is 0 Å². The molecule has 2 rings (SSSR count). The molecule has 1 aromatic rings. The molecule has 11 heteroatoms. The summed E-state index contributed by atoms with van der Waals surface area (Å²) in [6, 6.07) is -2.35. The van der Waals surface area contributed by atoms with Crippen LogP contribution in [0, 0.1) is 0 Å². The SMILES string of the molecule is CC(NC(=O)N1CC(=O)NCC1C(=O)O)c1nn[nH]n1. The quantitative estimate of drug-likeness (QED) is 0.493.